The molecule has 1 N–H and O–H groups in total. The number of hydrogen-bond acceptors (Lipinski definition) is 3. The molecule has 0 aromatic heterocycles. The molecule has 6 heteroatoms. The second kappa shape index (κ2) is 7.67. The Balaban J connectivity index is 2.35. The maximum atomic E-state index is 11.7. The van der Waals surface area contributed by atoms with Gasteiger partial charge in [-0.2, -0.15) is 0 Å². The van der Waals surface area contributed by atoms with Crippen LogP contribution in [-0.2, 0) is 4.74 Å². The van der Waals surface area contributed by atoms with E-state index in [1.54, 1.807) is 24.3 Å². The second-order valence-corrected chi connectivity index (χ2v) is 3.44. The van der Waals surface area contributed by atoms with Gasteiger partial charge in [0.1, 0.15) is 12.4 Å². The van der Waals surface area contributed by atoms with Crippen LogP contribution in [0.5, 0.6) is 5.75 Å². The van der Waals surface area contributed by atoms with E-state index in [-0.39, 0.29) is 13.2 Å². The van der Waals surface area contributed by atoms with Crippen LogP contribution in [0.2, 0.25) is 0 Å². The van der Waals surface area contributed by atoms with E-state index >= 15 is 0 Å². The molecule has 0 aliphatic heterocycles. The first-order chi connectivity index (χ1) is 9.01. The minimum Gasteiger partial charge on any atom is -0.491 e. The van der Waals surface area contributed by atoms with Crippen LogP contribution in [0.3, 0.4) is 0 Å². The highest BCUT2D eigenvalue weighted by molar-refractivity contribution is 5.38. The van der Waals surface area contributed by atoms with Crippen molar-refractivity contribution < 1.29 is 27.8 Å². The topological polar surface area (TPSA) is 38.7 Å². The maximum absolute atomic E-state index is 11.7. The van der Waals surface area contributed by atoms with Crippen molar-refractivity contribution in [2.75, 3.05) is 19.8 Å². The summed E-state index contributed by atoms with van der Waals surface area (Å²) >= 11 is 0. The molecule has 0 spiro atoms. The van der Waals surface area contributed by atoms with Gasteiger partial charge in [-0.3, -0.25) is 4.74 Å². The van der Waals surface area contributed by atoms with Gasteiger partial charge in [-0.25, -0.2) is 0 Å². The molecule has 3 nitrogen and oxygen atoms in total. The molecule has 0 heterocycles. The van der Waals surface area contributed by atoms with Crippen LogP contribution >= 0.6 is 0 Å². The molecule has 1 aromatic carbocycles. The van der Waals surface area contributed by atoms with Crippen molar-refractivity contribution in [2.45, 2.75) is 12.8 Å². The van der Waals surface area contributed by atoms with E-state index in [0.29, 0.717) is 12.2 Å². The number of alkyl halides is 3. The summed E-state index contributed by atoms with van der Waals surface area (Å²) in [4.78, 5) is 0. The van der Waals surface area contributed by atoms with Crippen molar-refractivity contribution in [3.63, 3.8) is 0 Å². The summed E-state index contributed by atoms with van der Waals surface area (Å²) in [6.45, 7) is -0.732. The first-order valence-electron chi connectivity index (χ1n) is 5.54. The smallest absolute Gasteiger partial charge is 0.491 e. The van der Waals surface area contributed by atoms with Crippen LogP contribution < -0.4 is 4.74 Å². The first kappa shape index (κ1) is 15.3. The van der Waals surface area contributed by atoms with Gasteiger partial charge in [0.15, 0.2) is 0 Å². The van der Waals surface area contributed by atoms with E-state index in [1.807, 2.05) is 0 Å². The van der Waals surface area contributed by atoms with E-state index in [4.69, 9.17) is 9.84 Å². The number of aliphatic hydroxyl groups is 1. The molecule has 0 saturated heterocycles. The summed E-state index contributed by atoms with van der Waals surface area (Å²) < 4.78 is 43.7. The average molecular weight is 274 g/mol. The lowest BCUT2D eigenvalue weighted by atomic mass is 10.2. The van der Waals surface area contributed by atoms with Crippen LogP contribution in [0, 0.1) is 11.8 Å². The number of aliphatic hydroxyl groups excluding tert-OH is 1. The number of halogens is 3. The Bertz CT molecular complexity index is 429. The van der Waals surface area contributed by atoms with E-state index in [1.165, 1.54) is 0 Å². The van der Waals surface area contributed by atoms with E-state index in [9.17, 15) is 13.2 Å². The van der Waals surface area contributed by atoms with Crippen LogP contribution in [-0.4, -0.2) is 31.3 Å². The molecule has 0 atom stereocenters. The standard InChI is InChI=1S/C13H13F3O3/c14-13(15,16)19-10-9-18-12-6-4-11(5-7-12)3-1-2-8-17/h4-7,17H,2,8-10H2. The second-order valence-electron chi connectivity index (χ2n) is 3.44. The van der Waals surface area contributed by atoms with Crippen LogP contribution in [0.1, 0.15) is 12.0 Å². The minimum absolute atomic E-state index is 0.00734. The number of hydrogen-bond donors (Lipinski definition) is 1. The van der Waals surface area contributed by atoms with Gasteiger partial charge >= 0.3 is 6.36 Å². The molecule has 19 heavy (non-hydrogen) atoms. The van der Waals surface area contributed by atoms with Gasteiger partial charge < -0.3 is 9.84 Å². The quantitative estimate of drug-likeness (QED) is 0.661. The van der Waals surface area contributed by atoms with E-state index in [2.05, 4.69) is 16.6 Å². The zero-order valence-electron chi connectivity index (χ0n) is 10.0. The molecule has 0 aliphatic rings. The normalized spacial score (nSPS) is 10.7. The molecule has 0 unspecified atom stereocenters. The molecule has 0 radical (unpaired) electrons. The molecule has 0 amide bonds. The molecule has 0 bridgehead atoms. The van der Waals surface area contributed by atoms with Gasteiger partial charge in [-0.1, -0.05) is 11.8 Å². The SMILES string of the molecule is OCCC#Cc1ccc(OCCOC(F)(F)F)cc1. The fourth-order valence-corrected chi connectivity index (χ4v) is 1.17. The van der Waals surface area contributed by atoms with Crippen LogP contribution in [0.15, 0.2) is 24.3 Å². The van der Waals surface area contributed by atoms with Gasteiger partial charge in [0, 0.05) is 12.0 Å². The lowest BCUT2D eigenvalue weighted by Crippen LogP contribution is -2.18. The summed E-state index contributed by atoms with van der Waals surface area (Å²) in [5.41, 5.74) is 0.743. The van der Waals surface area contributed by atoms with Crippen LogP contribution in [0.25, 0.3) is 0 Å². The third-order valence-electron chi connectivity index (χ3n) is 1.94. The van der Waals surface area contributed by atoms with Crippen molar-refractivity contribution in [3.05, 3.63) is 29.8 Å². The molecular formula is C13H13F3O3. The van der Waals surface area contributed by atoms with Crippen LogP contribution in [0.4, 0.5) is 13.2 Å². The third-order valence-corrected chi connectivity index (χ3v) is 1.94. The van der Waals surface area contributed by atoms with Gasteiger partial charge in [-0.05, 0) is 24.3 Å². The van der Waals surface area contributed by atoms with Crippen molar-refractivity contribution in [2.24, 2.45) is 0 Å². The molecular weight excluding hydrogens is 261 g/mol. The summed E-state index contributed by atoms with van der Waals surface area (Å²) in [7, 11) is 0. The first-order valence-corrected chi connectivity index (χ1v) is 5.54. The summed E-state index contributed by atoms with van der Waals surface area (Å²) in [6, 6.07) is 6.59. The summed E-state index contributed by atoms with van der Waals surface area (Å²) in [6.07, 6.45) is -4.23. The van der Waals surface area contributed by atoms with Crippen molar-refractivity contribution >= 4 is 0 Å². The van der Waals surface area contributed by atoms with E-state index in [0.717, 1.165) is 5.56 Å². The minimum atomic E-state index is -4.63. The zero-order chi connectivity index (χ0) is 14.1. The highest BCUT2D eigenvalue weighted by Crippen LogP contribution is 2.16. The Morgan fingerprint density at radius 1 is 1.11 bits per heavy atom. The van der Waals surface area contributed by atoms with Crippen molar-refractivity contribution in [3.8, 4) is 17.6 Å². The van der Waals surface area contributed by atoms with Crippen molar-refractivity contribution in [1.82, 2.24) is 0 Å². The van der Waals surface area contributed by atoms with Crippen molar-refractivity contribution in [1.29, 1.82) is 0 Å². The number of benzene rings is 1. The number of rotatable bonds is 5. The number of ether oxygens (including phenoxy) is 2. The highest BCUT2D eigenvalue weighted by Gasteiger charge is 2.28. The molecule has 1 rings (SSSR count). The van der Waals surface area contributed by atoms with Gasteiger partial charge in [0.05, 0.1) is 13.2 Å². The lowest BCUT2D eigenvalue weighted by molar-refractivity contribution is -0.325. The maximum Gasteiger partial charge on any atom is 0.522 e. The predicted octanol–water partition coefficient (Wildman–Crippen LogP) is 2.34. The largest absolute Gasteiger partial charge is 0.522 e. The van der Waals surface area contributed by atoms with E-state index < -0.39 is 13.0 Å². The predicted molar refractivity (Wildman–Crippen MR) is 62.5 cm³/mol. The Morgan fingerprint density at radius 2 is 1.79 bits per heavy atom. The molecule has 1 aromatic rings. The molecule has 104 valence electrons. The third kappa shape index (κ3) is 7.34. The molecule has 0 fully saturated rings. The lowest BCUT2D eigenvalue weighted by Gasteiger charge is -2.08. The Labute approximate surface area is 109 Å². The Kier molecular flexibility index (Phi) is 6.19. The van der Waals surface area contributed by atoms with Gasteiger partial charge in [-0.15, -0.1) is 13.2 Å². The Morgan fingerprint density at radius 3 is 2.37 bits per heavy atom. The van der Waals surface area contributed by atoms with Gasteiger partial charge in [0.25, 0.3) is 0 Å². The summed E-state index contributed by atoms with van der Waals surface area (Å²) in [5.74, 6) is 6.02. The highest BCUT2D eigenvalue weighted by atomic mass is 19.4. The Hall–Kier alpha value is -1.71. The zero-order valence-corrected chi connectivity index (χ0v) is 10.0. The fraction of sp³-hybridized carbons (Fsp3) is 0.385. The van der Waals surface area contributed by atoms with Gasteiger partial charge in [0.2, 0.25) is 0 Å². The molecule has 0 saturated carbocycles. The monoisotopic (exact) mass is 274 g/mol. The summed E-state index contributed by atoms with van der Waals surface area (Å²) in [5, 5.41) is 8.55. The fourth-order valence-electron chi connectivity index (χ4n) is 1.17. The molecule has 0 aliphatic carbocycles. The average Bonchev–Trinajstić information content (AvgIpc) is 2.36.